The second-order valence-electron chi connectivity index (χ2n) is 8.76. The number of hydrogen-bond acceptors (Lipinski definition) is 2. The zero-order valence-corrected chi connectivity index (χ0v) is 18.1. The molecule has 0 spiro atoms. The van der Waals surface area contributed by atoms with Gasteiger partial charge in [0.15, 0.2) is 0 Å². The average Bonchev–Trinajstić information content (AvgIpc) is 2.73. The zero-order chi connectivity index (χ0) is 21.3. The Morgan fingerprint density at radius 2 is 1.67 bits per heavy atom. The van der Waals surface area contributed by atoms with E-state index in [0.717, 1.165) is 53.4 Å². The van der Waals surface area contributed by atoms with Crippen LogP contribution < -0.4 is 10.5 Å². The third-order valence-corrected chi connectivity index (χ3v) is 6.27. The molecule has 0 unspecified atom stereocenters. The van der Waals surface area contributed by atoms with E-state index in [-0.39, 0.29) is 17.4 Å². The molecule has 0 aliphatic heterocycles. The van der Waals surface area contributed by atoms with Gasteiger partial charge in [0.25, 0.3) is 5.56 Å². The van der Waals surface area contributed by atoms with Gasteiger partial charge in [-0.1, -0.05) is 48.6 Å². The standard InChI is InChI=1S/C26H30N2O2/c1-17-10-12-24(19(3)13-17)28(26(30)20-7-5-4-6-8-20)16-22-15-21-14-18(2)9-11-23(21)27-25(22)29/h9-15,20H,4-8,16H2,1-3H3,(H,27,29). The number of hydrogen-bond donors (Lipinski definition) is 1. The van der Waals surface area contributed by atoms with Crippen molar-refractivity contribution in [2.24, 2.45) is 5.92 Å². The van der Waals surface area contributed by atoms with Crippen LogP contribution in [0.4, 0.5) is 5.69 Å². The van der Waals surface area contributed by atoms with Crippen LogP contribution >= 0.6 is 0 Å². The Kier molecular flexibility index (Phi) is 5.76. The summed E-state index contributed by atoms with van der Waals surface area (Å²) in [7, 11) is 0. The molecule has 1 N–H and O–H groups in total. The molecule has 1 saturated carbocycles. The third-order valence-electron chi connectivity index (χ3n) is 6.27. The van der Waals surface area contributed by atoms with Crippen LogP contribution in [-0.2, 0) is 11.3 Å². The summed E-state index contributed by atoms with van der Waals surface area (Å²) in [4.78, 5) is 31.2. The predicted molar refractivity (Wildman–Crippen MR) is 123 cm³/mol. The molecule has 1 aliphatic carbocycles. The van der Waals surface area contributed by atoms with Crippen LogP contribution in [0.2, 0.25) is 0 Å². The number of carbonyl (C=O) groups is 1. The third kappa shape index (κ3) is 4.18. The highest BCUT2D eigenvalue weighted by atomic mass is 16.2. The van der Waals surface area contributed by atoms with E-state index in [1.807, 2.05) is 49.1 Å². The number of rotatable bonds is 4. The van der Waals surface area contributed by atoms with Gasteiger partial charge in [-0.15, -0.1) is 0 Å². The van der Waals surface area contributed by atoms with Crippen molar-refractivity contribution in [3.05, 3.63) is 75.1 Å². The van der Waals surface area contributed by atoms with E-state index >= 15 is 0 Å². The minimum atomic E-state index is -0.127. The molecule has 30 heavy (non-hydrogen) atoms. The smallest absolute Gasteiger partial charge is 0.253 e. The van der Waals surface area contributed by atoms with Crippen molar-refractivity contribution in [1.29, 1.82) is 0 Å². The van der Waals surface area contributed by atoms with Gasteiger partial charge in [-0.3, -0.25) is 9.59 Å². The van der Waals surface area contributed by atoms with E-state index in [0.29, 0.717) is 12.1 Å². The molecule has 156 valence electrons. The van der Waals surface area contributed by atoms with Crippen LogP contribution in [0.15, 0.2) is 47.3 Å². The number of fused-ring (bicyclic) bond motifs is 1. The normalized spacial score (nSPS) is 14.8. The molecule has 4 heteroatoms. The fraction of sp³-hybridized carbons (Fsp3) is 0.385. The van der Waals surface area contributed by atoms with E-state index in [1.54, 1.807) is 0 Å². The maximum atomic E-state index is 13.6. The largest absolute Gasteiger partial charge is 0.322 e. The highest BCUT2D eigenvalue weighted by Crippen LogP contribution is 2.30. The summed E-state index contributed by atoms with van der Waals surface area (Å²) in [5, 5.41) is 0.996. The van der Waals surface area contributed by atoms with Gasteiger partial charge in [0.2, 0.25) is 5.91 Å². The summed E-state index contributed by atoms with van der Waals surface area (Å²) in [5.41, 5.74) is 5.60. The number of amides is 1. The van der Waals surface area contributed by atoms with Crippen LogP contribution in [0, 0.1) is 26.7 Å². The molecule has 3 aromatic rings. The number of aryl methyl sites for hydroxylation is 3. The van der Waals surface area contributed by atoms with Gasteiger partial charge >= 0.3 is 0 Å². The molecule has 1 heterocycles. The molecule has 0 atom stereocenters. The molecule has 4 nitrogen and oxygen atoms in total. The Balaban J connectivity index is 1.76. The van der Waals surface area contributed by atoms with Crippen molar-refractivity contribution >= 4 is 22.5 Å². The molecular formula is C26H30N2O2. The van der Waals surface area contributed by atoms with E-state index in [4.69, 9.17) is 0 Å². The number of aromatic nitrogens is 1. The molecule has 0 radical (unpaired) electrons. The second kappa shape index (κ2) is 8.47. The molecule has 1 amide bonds. The van der Waals surface area contributed by atoms with Crippen molar-refractivity contribution in [2.75, 3.05) is 4.90 Å². The van der Waals surface area contributed by atoms with E-state index in [2.05, 4.69) is 24.0 Å². The number of H-pyrrole nitrogens is 1. The van der Waals surface area contributed by atoms with E-state index in [1.165, 1.54) is 12.0 Å². The Morgan fingerprint density at radius 3 is 2.40 bits per heavy atom. The molecule has 1 aliphatic rings. The molecule has 1 fully saturated rings. The number of pyridine rings is 1. The summed E-state index contributed by atoms with van der Waals surface area (Å²) in [6.45, 7) is 6.43. The van der Waals surface area contributed by atoms with Crippen LogP contribution in [-0.4, -0.2) is 10.9 Å². The van der Waals surface area contributed by atoms with Gasteiger partial charge in [0, 0.05) is 22.7 Å². The quantitative estimate of drug-likeness (QED) is 0.620. The Morgan fingerprint density at radius 1 is 0.967 bits per heavy atom. The number of anilines is 1. The van der Waals surface area contributed by atoms with Gasteiger partial charge in [0.05, 0.1) is 6.54 Å². The maximum absolute atomic E-state index is 13.6. The first-order valence-electron chi connectivity index (χ1n) is 10.9. The van der Waals surface area contributed by atoms with Gasteiger partial charge in [-0.25, -0.2) is 0 Å². The first-order valence-corrected chi connectivity index (χ1v) is 10.9. The number of nitrogens with one attached hydrogen (secondary N) is 1. The monoisotopic (exact) mass is 402 g/mol. The minimum Gasteiger partial charge on any atom is -0.322 e. The molecule has 0 saturated heterocycles. The number of aromatic amines is 1. The molecule has 4 rings (SSSR count). The first-order chi connectivity index (χ1) is 14.4. The minimum absolute atomic E-state index is 0.0428. The Labute approximate surface area is 177 Å². The zero-order valence-electron chi connectivity index (χ0n) is 18.1. The predicted octanol–water partition coefficient (Wildman–Crippen LogP) is 5.57. The average molecular weight is 403 g/mol. The van der Waals surface area contributed by atoms with Crippen molar-refractivity contribution in [1.82, 2.24) is 4.98 Å². The number of nitrogens with zero attached hydrogens (tertiary/aromatic N) is 1. The summed E-state index contributed by atoms with van der Waals surface area (Å²) in [6.07, 6.45) is 5.29. The lowest BCUT2D eigenvalue weighted by Crippen LogP contribution is -2.38. The lowest BCUT2D eigenvalue weighted by molar-refractivity contribution is -0.123. The molecular weight excluding hydrogens is 372 g/mol. The van der Waals surface area contributed by atoms with Crippen molar-refractivity contribution in [3.8, 4) is 0 Å². The highest BCUT2D eigenvalue weighted by Gasteiger charge is 2.28. The maximum Gasteiger partial charge on any atom is 0.253 e. The van der Waals surface area contributed by atoms with E-state index in [9.17, 15) is 9.59 Å². The fourth-order valence-electron chi connectivity index (χ4n) is 4.62. The first kappa shape index (κ1) is 20.4. The Hall–Kier alpha value is -2.88. The van der Waals surface area contributed by atoms with Gasteiger partial charge in [-0.2, -0.15) is 0 Å². The number of carbonyl (C=O) groups excluding carboxylic acids is 1. The summed E-state index contributed by atoms with van der Waals surface area (Å²) in [5.74, 6) is 0.187. The van der Waals surface area contributed by atoms with Crippen molar-refractivity contribution in [3.63, 3.8) is 0 Å². The second-order valence-corrected chi connectivity index (χ2v) is 8.76. The van der Waals surface area contributed by atoms with Crippen LogP contribution in [0.3, 0.4) is 0 Å². The molecule has 2 aromatic carbocycles. The Bertz CT molecular complexity index is 1140. The van der Waals surface area contributed by atoms with Gasteiger partial charge in [-0.05, 0) is 68.8 Å². The summed E-state index contributed by atoms with van der Waals surface area (Å²) < 4.78 is 0. The van der Waals surface area contributed by atoms with Gasteiger partial charge < -0.3 is 9.88 Å². The van der Waals surface area contributed by atoms with Gasteiger partial charge in [0.1, 0.15) is 0 Å². The SMILES string of the molecule is Cc1ccc(N(Cc2cc3cc(C)ccc3[nH]c2=O)C(=O)C2CCCCC2)c(C)c1. The van der Waals surface area contributed by atoms with E-state index < -0.39 is 0 Å². The topological polar surface area (TPSA) is 53.2 Å². The van der Waals surface area contributed by atoms with Crippen molar-refractivity contribution < 1.29 is 4.79 Å². The van der Waals surface area contributed by atoms with Crippen LogP contribution in [0.1, 0.15) is 54.4 Å². The summed E-state index contributed by atoms with van der Waals surface area (Å²) >= 11 is 0. The molecule has 1 aromatic heterocycles. The highest BCUT2D eigenvalue weighted by molar-refractivity contribution is 5.96. The van der Waals surface area contributed by atoms with Crippen molar-refractivity contribution in [2.45, 2.75) is 59.4 Å². The molecule has 0 bridgehead atoms. The lowest BCUT2D eigenvalue weighted by Gasteiger charge is -2.30. The summed E-state index contributed by atoms with van der Waals surface area (Å²) in [6, 6.07) is 14.1. The fourth-order valence-corrected chi connectivity index (χ4v) is 4.62. The van der Waals surface area contributed by atoms with Crippen LogP contribution in [0.25, 0.3) is 10.9 Å². The van der Waals surface area contributed by atoms with Crippen LogP contribution in [0.5, 0.6) is 0 Å². The lowest BCUT2D eigenvalue weighted by atomic mass is 9.88. The number of benzene rings is 2.